The van der Waals surface area contributed by atoms with Gasteiger partial charge in [-0.25, -0.2) is 0 Å². The number of ether oxygens (including phenoxy) is 2. The van der Waals surface area contributed by atoms with Crippen molar-refractivity contribution < 1.29 is 19.1 Å². The van der Waals surface area contributed by atoms with Crippen molar-refractivity contribution >= 4 is 40.6 Å². The number of carbonyl (C=O) groups is 2. The van der Waals surface area contributed by atoms with Crippen molar-refractivity contribution in [2.24, 2.45) is 0 Å². The largest absolute Gasteiger partial charge is 0.454 e. The molecule has 2 N–H and O–H groups in total. The lowest BCUT2D eigenvalue weighted by molar-refractivity contribution is -0.113. The van der Waals surface area contributed by atoms with Gasteiger partial charge < -0.3 is 20.1 Å². The monoisotopic (exact) mass is 461 g/mol. The Labute approximate surface area is 193 Å². The Kier molecular flexibility index (Phi) is 5.57. The Hall–Kier alpha value is -4.05. The quantitative estimate of drug-likeness (QED) is 0.421. The van der Waals surface area contributed by atoms with Gasteiger partial charge in [-0.15, -0.1) is 10.2 Å². The van der Waals surface area contributed by atoms with Gasteiger partial charge in [-0.2, -0.15) is 0 Å². The van der Waals surface area contributed by atoms with Crippen LogP contribution < -0.4 is 20.1 Å². The van der Waals surface area contributed by atoms with Crippen LogP contribution in [-0.4, -0.2) is 39.0 Å². The fraction of sp³-hybridized carbons (Fsp3) is 0.130. The van der Waals surface area contributed by atoms with Crippen LogP contribution in [0.15, 0.2) is 66.0 Å². The highest BCUT2D eigenvalue weighted by Crippen LogP contribution is 2.34. The number of carbonyl (C=O) groups excluding carboxylic acids is 2. The number of aryl methyl sites for hydroxylation is 1. The maximum Gasteiger partial charge on any atom is 0.257 e. The smallest absolute Gasteiger partial charge is 0.257 e. The summed E-state index contributed by atoms with van der Waals surface area (Å²) in [5, 5.41) is 14.5. The summed E-state index contributed by atoms with van der Waals surface area (Å²) in [5.74, 6) is 0.921. The minimum absolute atomic E-state index is 0.120. The van der Waals surface area contributed by atoms with Crippen LogP contribution in [-0.2, 0) is 4.79 Å². The van der Waals surface area contributed by atoms with E-state index in [1.165, 1.54) is 11.8 Å². The third-order valence-electron chi connectivity index (χ3n) is 4.93. The van der Waals surface area contributed by atoms with Crippen molar-refractivity contribution in [3.63, 3.8) is 0 Å². The van der Waals surface area contributed by atoms with Crippen LogP contribution in [0, 0.1) is 6.92 Å². The maximum atomic E-state index is 12.7. The van der Waals surface area contributed by atoms with Crippen molar-refractivity contribution in [2.45, 2.75) is 12.1 Å². The van der Waals surface area contributed by atoms with E-state index in [9.17, 15) is 9.59 Å². The highest BCUT2D eigenvalue weighted by molar-refractivity contribution is 7.99. The van der Waals surface area contributed by atoms with Crippen LogP contribution in [0.5, 0.6) is 11.5 Å². The van der Waals surface area contributed by atoms with E-state index in [-0.39, 0.29) is 24.4 Å². The molecular formula is C23H19N5O4S. The number of amides is 2. The lowest BCUT2D eigenvalue weighted by Crippen LogP contribution is -2.14. The molecule has 166 valence electrons. The van der Waals surface area contributed by atoms with E-state index in [1.54, 1.807) is 40.9 Å². The minimum atomic E-state index is -0.244. The number of nitrogens with zero attached hydrogens (tertiary/aromatic N) is 3. The lowest BCUT2D eigenvalue weighted by atomic mass is 10.2. The molecule has 0 radical (unpaired) electrons. The first-order valence-electron chi connectivity index (χ1n) is 10.1. The molecule has 1 aliphatic heterocycles. The van der Waals surface area contributed by atoms with Gasteiger partial charge in [0.2, 0.25) is 12.7 Å². The summed E-state index contributed by atoms with van der Waals surface area (Å²) in [7, 11) is 0. The number of anilines is 2. The molecule has 9 nitrogen and oxygen atoms in total. The first-order valence-corrected chi connectivity index (χ1v) is 11.1. The zero-order chi connectivity index (χ0) is 22.8. The number of hydrogen-bond acceptors (Lipinski definition) is 7. The Bertz CT molecular complexity index is 1350. The summed E-state index contributed by atoms with van der Waals surface area (Å²) in [6, 6.07) is 16.2. The van der Waals surface area contributed by atoms with E-state index < -0.39 is 0 Å². The Morgan fingerprint density at radius 2 is 1.76 bits per heavy atom. The Morgan fingerprint density at radius 1 is 0.970 bits per heavy atom. The SMILES string of the molecule is Cc1ccc(NC(=O)c2ccc3nnc(SCC(=O)Nc4ccc5c(c4)OCO5)n3c2)cc1. The molecule has 0 saturated heterocycles. The molecule has 0 aliphatic carbocycles. The molecule has 4 aromatic rings. The fourth-order valence-corrected chi connectivity index (χ4v) is 3.96. The van der Waals surface area contributed by atoms with Crippen molar-refractivity contribution in [2.75, 3.05) is 23.2 Å². The molecule has 1 aliphatic rings. The second kappa shape index (κ2) is 8.83. The molecule has 0 fully saturated rings. The molecule has 10 heteroatoms. The highest BCUT2D eigenvalue weighted by Gasteiger charge is 2.16. The molecular weight excluding hydrogens is 442 g/mol. The van der Waals surface area contributed by atoms with E-state index in [0.717, 1.165) is 5.56 Å². The molecule has 33 heavy (non-hydrogen) atoms. The van der Waals surface area contributed by atoms with Crippen molar-refractivity contribution in [3.05, 3.63) is 71.9 Å². The molecule has 0 atom stereocenters. The van der Waals surface area contributed by atoms with Crippen molar-refractivity contribution in [1.82, 2.24) is 14.6 Å². The second-order valence-electron chi connectivity index (χ2n) is 7.35. The topological polar surface area (TPSA) is 107 Å². The van der Waals surface area contributed by atoms with Gasteiger partial charge in [-0.3, -0.25) is 14.0 Å². The number of pyridine rings is 1. The standard InChI is InChI=1S/C23H19N5O4S/c1-14-2-5-16(6-3-14)25-22(30)15-4-9-20-26-27-23(28(20)11-15)33-12-21(29)24-17-7-8-18-19(10-17)32-13-31-18/h2-11H,12-13H2,1H3,(H,24,29)(H,25,30). The predicted octanol–water partition coefficient (Wildman–Crippen LogP) is 3.75. The number of rotatable bonds is 6. The highest BCUT2D eigenvalue weighted by atomic mass is 32.2. The minimum Gasteiger partial charge on any atom is -0.454 e. The molecule has 2 aromatic heterocycles. The fourth-order valence-electron chi connectivity index (χ4n) is 3.24. The number of thioether (sulfide) groups is 1. The number of hydrogen-bond donors (Lipinski definition) is 2. The van der Waals surface area contributed by atoms with Crippen LogP contribution in [0.3, 0.4) is 0 Å². The number of benzene rings is 2. The Morgan fingerprint density at radius 3 is 2.61 bits per heavy atom. The zero-order valence-corrected chi connectivity index (χ0v) is 18.4. The van der Waals surface area contributed by atoms with E-state index in [0.29, 0.717) is 39.2 Å². The van der Waals surface area contributed by atoms with Crippen LogP contribution in [0.25, 0.3) is 5.65 Å². The molecule has 0 spiro atoms. The van der Waals surface area contributed by atoms with Gasteiger partial charge in [0.15, 0.2) is 22.3 Å². The first-order chi connectivity index (χ1) is 16.0. The molecule has 0 bridgehead atoms. The summed E-state index contributed by atoms with van der Waals surface area (Å²) >= 11 is 1.23. The summed E-state index contributed by atoms with van der Waals surface area (Å²) in [5.41, 5.74) is 3.48. The van der Waals surface area contributed by atoms with E-state index in [1.807, 2.05) is 31.2 Å². The van der Waals surface area contributed by atoms with Gasteiger partial charge in [-0.1, -0.05) is 29.5 Å². The van der Waals surface area contributed by atoms with E-state index in [2.05, 4.69) is 20.8 Å². The third kappa shape index (κ3) is 4.60. The number of aromatic nitrogens is 3. The molecule has 2 amide bonds. The van der Waals surface area contributed by atoms with Gasteiger partial charge in [0.05, 0.1) is 11.3 Å². The van der Waals surface area contributed by atoms with Crippen molar-refractivity contribution in [1.29, 1.82) is 0 Å². The zero-order valence-electron chi connectivity index (χ0n) is 17.6. The van der Waals surface area contributed by atoms with Gasteiger partial charge in [-0.05, 0) is 43.3 Å². The van der Waals surface area contributed by atoms with Crippen LogP contribution in [0.4, 0.5) is 11.4 Å². The summed E-state index contributed by atoms with van der Waals surface area (Å²) in [6.07, 6.45) is 1.66. The summed E-state index contributed by atoms with van der Waals surface area (Å²) < 4.78 is 12.3. The predicted molar refractivity (Wildman–Crippen MR) is 124 cm³/mol. The van der Waals surface area contributed by atoms with Gasteiger partial charge in [0, 0.05) is 23.6 Å². The van der Waals surface area contributed by atoms with E-state index >= 15 is 0 Å². The number of fused-ring (bicyclic) bond motifs is 2. The van der Waals surface area contributed by atoms with Crippen molar-refractivity contribution in [3.8, 4) is 11.5 Å². The average molecular weight is 462 g/mol. The van der Waals surface area contributed by atoms with Crippen LogP contribution >= 0.6 is 11.8 Å². The van der Waals surface area contributed by atoms with Gasteiger partial charge in [0.1, 0.15) is 0 Å². The maximum absolute atomic E-state index is 12.7. The summed E-state index contributed by atoms with van der Waals surface area (Å²) in [4.78, 5) is 25.1. The number of nitrogens with one attached hydrogen (secondary N) is 2. The third-order valence-corrected chi connectivity index (χ3v) is 5.87. The normalized spacial score (nSPS) is 12.0. The van der Waals surface area contributed by atoms with Gasteiger partial charge in [0.25, 0.3) is 5.91 Å². The molecule has 5 rings (SSSR count). The van der Waals surface area contributed by atoms with E-state index in [4.69, 9.17) is 9.47 Å². The Balaban J connectivity index is 1.25. The van der Waals surface area contributed by atoms with Crippen LogP contribution in [0.1, 0.15) is 15.9 Å². The molecule has 3 heterocycles. The summed E-state index contributed by atoms with van der Waals surface area (Å²) in [6.45, 7) is 2.16. The average Bonchev–Trinajstić information content (AvgIpc) is 3.45. The molecule has 0 unspecified atom stereocenters. The lowest BCUT2D eigenvalue weighted by Gasteiger charge is -2.07. The molecule has 0 saturated carbocycles. The first kappa shape index (κ1) is 20.8. The van der Waals surface area contributed by atoms with Crippen LogP contribution in [0.2, 0.25) is 0 Å². The second-order valence-corrected chi connectivity index (χ2v) is 8.30. The van der Waals surface area contributed by atoms with Gasteiger partial charge >= 0.3 is 0 Å². The molecule has 2 aromatic carbocycles.